The molecule has 8 nitrogen and oxygen atoms in total. The highest BCUT2D eigenvalue weighted by Crippen LogP contribution is 1.99. The van der Waals surface area contributed by atoms with Crippen molar-refractivity contribution in [2.45, 2.75) is 0 Å². The molecule has 0 fully saturated rings. The van der Waals surface area contributed by atoms with E-state index >= 15 is 0 Å². The molecule has 0 unspecified atom stereocenters. The smallest absolute Gasteiger partial charge is 0.107 e. The number of terminal acetylenes is 2. The molecule has 0 aliphatic heterocycles. The van der Waals surface area contributed by atoms with Crippen LogP contribution in [0.2, 0.25) is 0 Å². The van der Waals surface area contributed by atoms with Gasteiger partial charge in [0.25, 0.3) is 0 Å². The van der Waals surface area contributed by atoms with E-state index in [0.29, 0.717) is 106 Å². The average molecular weight is 463 g/mol. The molecule has 0 saturated heterocycles. The Balaban J connectivity index is 2.99. The highest BCUT2D eigenvalue weighted by molar-refractivity contribution is 7.99. The Morgan fingerprint density at radius 3 is 0.935 bits per heavy atom. The van der Waals surface area contributed by atoms with Crippen molar-refractivity contribution in [1.82, 2.24) is 0 Å². The first-order valence-electron chi connectivity index (χ1n) is 10.5. The van der Waals surface area contributed by atoms with Crippen LogP contribution in [0, 0.1) is 24.7 Å². The van der Waals surface area contributed by atoms with E-state index in [0.717, 1.165) is 11.5 Å². The molecular weight excluding hydrogens is 424 g/mol. The summed E-state index contributed by atoms with van der Waals surface area (Å²) in [5, 5.41) is 0. The molecule has 0 atom stereocenters. The van der Waals surface area contributed by atoms with Crippen LogP contribution in [0.5, 0.6) is 0 Å². The molecule has 0 aromatic rings. The maximum Gasteiger partial charge on any atom is 0.107 e. The maximum absolute atomic E-state index is 5.51. The average Bonchev–Trinajstić information content (AvgIpc) is 2.78. The van der Waals surface area contributed by atoms with Gasteiger partial charge < -0.3 is 37.9 Å². The molecule has 0 aromatic carbocycles. The fourth-order valence-electron chi connectivity index (χ4n) is 1.92. The summed E-state index contributed by atoms with van der Waals surface area (Å²) in [5.74, 6) is 6.66. The number of hydrogen-bond acceptors (Lipinski definition) is 9. The lowest BCUT2D eigenvalue weighted by atomic mass is 10.7. The SMILES string of the molecule is C#CCOCCOCCOCCOCCSCCOCCOCCOCCOCC#C. The van der Waals surface area contributed by atoms with Crippen LogP contribution in [0.3, 0.4) is 0 Å². The molecule has 0 aliphatic rings. The zero-order valence-electron chi connectivity index (χ0n) is 18.6. The quantitative estimate of drug-likeness (QED) is 0.139. The van der Waals surface area contributed by atoms with Crippen LogP contribution >= 0.6 is 11.8 Å². The van der Waals surface area contributed by atoms with Gasteiger partial charge in [-0.3, -0.25) is 0 Å². The summed E-state index contributed by atoms with van der Waals surface area (Å²) in [6.07, 6.45) is 10.1. The van der Waals surface area contributed by atoms with Crippen LogP contribution in [0.1, 0.15) is 0 Å². The minimum atomic E-state index is 0.320. The Morgan fingerprint density at radius 2 is 0.645 bits per heavy atom. The van der Waals surface area contributed by atoms with Crippen LogP contribution in [0.25, 0.3) is 0 Å². The molecule has 0 aromatic heterocycles. The van der Waals surface area contributed by atoms with Crippen LogP contribution in [0.4, 0.5) is 0 Å². The van der Waals surface area contributed by atoms with Gasteiger partial charge in [-0.15, -0.1) is 12.8 Å². The van der Waals surface area contributed by atoms with Crippen LogP contribution < -0.4 is 0 Å². The molecule has 0 saturated carbocycles. The molecular formula is C22H38O8S. The Hall–Kier alpha value is -0.850. The standard InChI is InChI=1S/C22H38O8S/c1-3-5-23-7-9-25-11-13-27-15-17-29-19-21-31-22-20-30-18-16-28-14-12-26-10-8-24-6-4-2/h1-2H,5-22H2. The van der Waals surface area contributed by atoms with E-state index in [4.69, 9.17) is 50.7 Å². The van der Waals surface area contributed by atoms with Gasteiger partial charge in [-0.25, -0.2) is 0 Å². The van der Waals surface area contributed by atoms with E-state index in [1.807, 2.05) is 0 Å². The number of thioether (sulfide) groups is 1. The molecule has 0 aliphatic carbocycles. The van der Waals surface area contributed by atoms with E-state index in [-0.39, 0.29) is 0 Å². The van der Waals surface area contributed by atoms with Crippen molar-refractivity contribution in [2.24, 2.45) is 0 Å². The van der Waals surface area contributed by atoms with Crippen LogP contribution in [-0.2, 0) is 37.9 Å². The maximum atomic E-state index is 5.51. The van der Waals surface area contributed by atoms with Crippen molar-refractivity contribution < 1.29 is 37.9 Å². The monoisotopic (exact) mass is 462 g/mol. The predicted octanol–water partition coefficient (Wildman–Crippen LogP) is 1.12. The summed E-state index contributed by atoms with van der Waals surface area (Å²) in [5.41, 5.74) is 0. The topological polar surface area (TPSA) is 73.8 Å². The third-order valence-electron chi connectivity index (χ3n) is 3.35. The summed E-state index contributed by atoms with van der Waals surface area (Å²) in [6.45, 7) is 8.57. The van der Waals surface area contributed by atoms with Gasteiger partial charge in [0.15, 0.2) is 0 Å². The summed E-state index contributed by atoms with van der Waals surface area (Å²) < 4.78 is 42.7. The molecule has 0 amide bonds. The van der Waals surface area contributed by atoms with Gasteiger partial charge in [-0.05, 0) is 0 Å². The van der Waals surface area contributed by atoms with Crippen molar-refractivity contribution in [1.29, 1.82) is 0 Å². The molecule has 0 N–H and O–H groups in total. The van der Waals surface area contributed by atoms with Gasteiger partial charge in [0.2, 0.25) is 0 Å². The fourth-order valence-corrected chi connectivity index (χ4v) is 2.59. The highest BCUT2D eigenvalue weighted by Gasteiger charge is 1.95. The van der Waals surface area contributed by atoms with Gasteiger partial charge >= 0.3 is 0 Å². The van der Waals surface area contributed by atoms with Gasteiger partial charge in [0.1, 0.15) is 13.2 Å². The Kier molecular flexibility index (Phi) is 28.4. The normalized spacial score (nSPS) is 10.8. The van der Waals surface area contributed by atoms with Gasteiger partial charge in [-0.1, -0.05) is 11.8 Å². The second-order valence-electron chi connectivity index (χ2n) is 5.80. The zero-order valence-corrected chi connectivity index (χ0v) is 19.4. The second-order valence-corrected chi connectivity index (χ2v) is 7.02. The molecule has 180 valence electrons. The van der Waals surface area contributed by atoms with Crippen LogP contribution in [-0.4, -0.2) is 117 Å². The first kappa shape index (κ1) is 30.1. The number of hydrogen-bond donors (Lipinski definition) is 0. The first-order valence-corrected chi connectivity index (χ1v) is 11.6. The molecule has 9 heteroatoms. The number of ether oxygens (including phenoxy) is 8. The molecule has 0 heterocycles. The fraction of sp³-hybridized carbons (Fsp3) is 0.818. The van der Waals surface area contributed by atoms with Gasteiger partial charge in [-0.2, -0.15) is 11.8 Å². The number of rotatable bonds is 26. The van der Waals surface area contributed by atoms with Gasteiger partial charge in [0, 0.05) is 11.5 Å². The van der Waals surface area contributed by atoms with Crippen molar-refractivity contribution >= 4 is 11.8 Å². The van der Waals surface area contributed by atoms with Crippen molar-refractivity contribution in [3.05, 3.63) is 0 Å². The lowest BCUT2D eigenvalue weighted by Crippen LogP contribution is -2.13. The molecule has 31 heavy (non-hydrogen) atoms. The van der Waals surface area contributed by atoms with E-state index < -0.39 is 0 Å². The predicted molar refractivity (Wildman–Crippen MR) is 122 cm³/mol. The summed E-state index contributed by atoms with van der Waals surface area (Å²) in [6, 6.07) is 0. The minimum absolute atomic E-state index is 0.320. The molecule has 0 radical (unpaired) electrons. The van der Waals surface area contributed by atoms with Crippen LogP contribution in [0.15, 0.2) is 0 Å². The lowest BCUT2D eigenvalue weighted by Gasteiger charge is -2.08. The van der Waals surface area contributed by atoms with Crippen molar-refractivity contribution in [3.8, 4) is 24.7 Å². The zero-order chi connectivity index (χ0) is 22.5. The Labute approximate surface area is 191 Å². The second kappa shape index (κ2) is 29.1. The van der Waals surface area contributed by atoms with E-state index in [9.17, 15) is 0 Å². The summed E-state index contributed by atoms with van der Waals surface area (Å²) >= 11 is 1.80. The summed E-state index contributed by atoms with van der Waals surface area (Å²) in [7, 11) is 0. The van der Waals surface area contributed by atoms with E-state index in [2.05, 4.69) is 11.8 Å². The molecule has 0 bridgehead atoms. The Bertz CT molecular complexity index is 387. The molecule has 0 rings (SSSR count). The third-order valence-corrected chi connectivity index (χ3v) is 4.26. The Morgan fingerprint density at radius 1 is 0.387 bits per heavy atom. The molecule has 0 spiro atoms. The largest absolute Gasteiger partial charge is 0.378 e. The van der Waals surface area contributed by atoms with Gasteiger partial charge in [0.05, 0.1) is 92.5 Å². The minimum Gasteiger partial charge on any atom is -0.378 e. The van der Waals surface area contributed by atoms with E-state index in [1.54, 1.807) is 11.8 Å². The van der Waals surface area contributed by atoms with E-state index in [1.165, 1.54) is 0 Å². The van der Waals surface area contributed by atoms with Crippen molar-refractivity contribution in [3.63, 3.8) is 0 Å². The van der Waals surface area contributed by atoms with Crippen molar-refractivity contribution in [2.75, 3.05) is 117 Å². The third kappa shape index (κ3) is 29.1. The highest BCUT2D eigenvalue weighted by atomic mass is 32.2. The first-order chi connectivity index (χ1) is 15.4. The summed E-state index contributed by atoms with van der Waals surface area (Å²) in [4.78, 5) is 0. The lowest BCUT2D eigenvalue weighted by molar-refractivity contribution is 0.00279.